The van der Waals surface area contributed by atoms with Crippen LogP contribution in [0.5, 0.6) is 0 Å². The number of aliphatic hydroxyl groups is 1. The van der Waals surface area contributed by atoms with Crippen molar-refractivity contribution >= 4 is 30.7 Å². The van der Waals surface area contributed by atoms with Gasteiger partial charge >= 0.3 is 0 Å². The van der Waals surface area contributed by atoms with Crippen molar-refractivity contribution in [2.45, 2.75) is 50.5 Å². The molecule has 0 aromatic heterocycles. The Morgan fingerprint density at radius 1 is 1.29 bits per heavy atom. The maximum atomic E-state index is 12.2. The molecule has 0 bridgehead atoms. The van der Waals surface area contributed by atoms with Crippen LogP contribution in [0.15, 0.2) is 30.3 Å². The van der Waals surface area contributed by atoms with Crippen molar-refractivity contribution in [1.82, 2.24) is 15.5 Å². The number of carbonyl (C=O) groups is 1. The third-order valence-electron chi connectivity index (χ3n) is 4.70. The fourth-order valence-electron chi connectivity index (χ4n) is 3.46. The Morgan fingerprint density at radius 2 is 2.00 bits per heavy atom. The summed E-state index contributed by atoms with van der Waals surface area (Å²) in [5, 5.41) is 15.7. The van der Waals surface area contributed by atoms with E-state index in [9.17, 15) is 9.90 Å². The molecule has 1 aromatic rings. The molecular weight excluding hydrogens is 349 g/mol. The number of hydrogen-bond donors (Lipinski definition) is 3. The molecule has 2 saturated heterocycles. The van der Waals surface area contributed by atoms with Crippen molar-refractivity contribution in [3.63, 3.8) is 0 Å². The topological polar surface area (TPSA) is 64.6 Å². The van der Waals surface area contributed by atoms with E-state index in [0.29, 0.717) is 19.0 Å². The quantitative estimate of drug-likeness (QED) is 0.742. The summed E-state index contributed by atoms with van der Waals surface area (Å²) in [5.41, 5.74) is 1.31. The molecule has 2 fully saturated rings. The zero-order valence-electron chi connectivity index (χ0n) is 13.9. The number of likely N-dealkylation sites (tertiary alicyclic amines) is 1. The number of carbonyl (C=O) groups excluding carboxylic acids is 1. The van der Waals surface area contributed by atoms with Gasteiger partial charge in [-0.2, -0.15) is 0 Å². The normalized spacial score (nSPS) is 29.6. The molecule has 1 amide bonds. The van der Waals surface area contributed by atoms with E-state index in [1.807, 2.05) is 6.07 Å². The van der Waals surface area contributed by atoms with Gasteiger partial charge in [0.2, 0.25) is 5.91 Å². The largest absolute Gasteiger partial charge is 0.392 e. The summed E-state index contributed by atoms with van der Waals surface area (Å²) >= 11 is 0. The lowest BCUT2D eigenvalue weighted by Gasteiger charge is -2.21. The molecule has 24 heavy (non-hydrogen) atoms. The molecule has 2 aliphatic heterocycles. The second-order valence-corrected chi connectivity index (χ2v) is 6.56. The number of rotatable bonds is 4. The van der Waals surface area contributed by atoms with Crippen LogP contribution in [-0.4, -0.2) is 53.2 Å². The SMILES string of the molecule is CC1CC(NC(=O)C2CC(O)CN2)CN1Cc1ccccc1.Cl.Cl. The Kier molecular flexibility index (Phi) is 8.46. The van der Waals surface area contributed by atoms with Gasteiger partial charge in [0, 0.05) is 31.7 Å². The van der Waals surface area contributed by atoms with Gasteiger partial charge in [0.25, 0.3) is 0 Å². The van der Waals surface area contributed by atoms with Gasteiger partial charge < -0.3 is 15.7 Å². The minimum Gasteiger partial charge on any atom is -0.392 e. The van der Waals surface area contributed by atoms with Crippen molar-refractivity contribution < 1.29 is 9.90 Å². The van der Waals surface area contributed by atoms with Gasteiger partial charge in [-0.05, 0) is 25.3 Å². The number of nitrogens with zero attached hydrogens (tertiary/aromatic N) is 1. The predicted molar refractivity (Wildman–Crippen MR) is 99.8 cm³/mol. The highest BCUT2D eigenvalue weighted by Gasteiger charge is 2.33. The minimum absolute atomic E-state index is 0. The Bertz CT molecular complexity index is 518. The zero-order valence-corrected chi connectivity index (χ0v) is 15.5. The fourth-order valence-corrected chi connectivity index (χ4v) is 3.46. The molecule has 0 saturated carbocycles. The van der Waals surface area contributed by atoms with Gasteiger partial charge in [0.1, 0.15) is 0 Å². The average Bonchev–Trinajstić information content (AvgIpc) is 3.07. The molecule has 136 valence electrons. The second kappa shape index (κ2) is 9.59. The van der Waals surface area contributed by atoms with E-state index in [0.717, 1.165) is 19.5 Å². The van der Waals surface area contributed by atoms with Gasteiger partial charge in [-0.3, -0.25) is 9.69 Å². The van der Waals surface area contributed by atoms with E-state index in [-0.39, 0.29) is 42.8 Å². The highest BCUT2D eigenvalue weighted by atomic mass is 35.5. The van der Waals surface area contributed by atoms with Crippen LogP contribution in [0.1, 0.15) is 25.3 Å². The molecule has 0 aliphatic carbocycles. The minimum atomic E-state index is -0.396. The summed E-state index contributed by atoms with van der Waals surface area (Å²) in [7, 11) is 0. The van der Waals surface area contributed by atoms with Gasteiger partial charge in [0.15, 0.2) is 0 Å². The Labute approximate surface area is 156 Å². The Morgan fingerprint density at radius 3 is 2.62 bits per heavy atom. The van der Waals surface area contributed by atoms with Crippen LogP contribution >= 0.6 is 24.8 Å². The first-order valence-corrected chi connectivity index (χ1v) is 8.11. The van der Waals surface area contributed by atoms with Crippen LogP contribution in [0, 0.1) is 0 Å². The van der Waals surface area contributed by atoms with E-state index in [1.165, 1.54) is 5.56 Å². The smallest absolute Gasteiger partial charge is 0.237 e. The third-order valence-corrected chi connectivity index (χ3v) is 4.70. The first-order chi connectivity index (χ1) is 10.6. The van der Waals surface area contributed by atoms with Crippen LogP contribution < -0.4 is 10.6 Å². The number of hydrogen-bond acceptors (Lipinski definition) is 4. The Balaban J connectivity index is 0.00000144. The molecule has 4 atom stereocenters. The summed E-state index contributed by atoms with van der Waals surface area (Å²) in [6, 6.07) is 10.9. The monoisotopic (exact) mass is 375 g/mol. The van der Waals surface area contributed by atoms with E-state index in [1.54, 1.807) is 0 Å². The maximum absolute atomic E-state index is 12.2. The summed E-state index contributed by atoms with van der Waals surface area (Å²) < 4.78 is 0. The summed E-state index contributed by atoms with van der Waals surface area (Å²) in [5.74, 6) is 0.0234. The molecule has 3 N–H and O–H groups in total. The summed E-state index contributed by atoms with van der Waals surface area (Å²) in [6.07, 6.45) is 1.10. The number of β-amino-alcohol motifs (C(OH)–C–C–N with tert-alkyl or cyclic N) is 1. The lowest BCUT2D eigenvalue weighted by molar-refractivity contribution is -0.123. The molecule has 0 radical (unpaired) electrons. The van der Waals surface area contributed by atoms with Crippen molar-refractivity contribution in [2.75, 3.05) is 13.1 Å². The predicted octanol–water partition coefficient (Wildman–Crippen LogP) is 1.33. The van der Waals surface area contributed by atoms with Gasteiger partial charge in [-0.1, -0.05) is 30.3 Å². The number of halogens is 2. The average molecular weight is 376 g/mol. The molecule has 3 rings (SSSR count). The van der Waals surface area contributed by atoms with Crippen LogP contribution in [0.3, 0.4) is 0 Å². The van der Waals surface area contributed by atoms with E-state index < -0.39 is 6.10 Å². The number of aliphatic hydroxyl groups excluding tert-OH is 1. The van der Waals surface area contributed by atoms with Gasteiger partial charge in [-0.15, -0.1) is 24.8 Å². The summed E-state index contributed by atoms with van der Waals surface area (Å²) in [6.45, 7) is 4.54. The van der Waals surface area contributed by atoms with Gasteiger partial charge in [0.05, 0.1) is 12.1 Å². The van der Waals surface area contributed by atoms with Crippen molar-refractivity contribution in [2.24, 2.45) is 0 Å². The van der Waals surface area contributed by atoms with Crippen molar-refractivity contribution in [3.8, 4) is 0 Å². The molecule has 1 aromatic carbocycles. The molecule has 7 heteroatoms. The van der Waals surface area contributed by atoms with Gasteiger partial charge in [-0.25, -0.2) is 0 Å². The number of amides is 1. The number of benzene rings is 1. The molecular formula is C17H27Cl2N3O2. The first kappa shape index (κ1) is 21.2. The van der Waals surface area contributed by atoms with Crippen LogP contribution in [0.25, 0.3) is 0 Å². The van der Waals surface area contributed by atoms with Crippen molar-refractivity contribution in [3.05, 3.63) is 35.9 Å². The van der Waals surface area contributed by atoms with E-state index in [2.05, 4.69) is 46.7 Å². The molecule has 2 heterocycles. The lowest BCUT2D eigenvalue weighted by atomic mass is 10.1. The van der Waals surface area contributed by atoms with E-state index in [4.69, 9.17) is 0 Å². The lowest BCUT2D eigenvalue weighted by Crippen LogP contribution is -2.46. The third kappa shape index (κ3) is 5.33. The van der Waals surface area contributed by atoms with Crippen LogP contribution in [0.4, 0.5) is 0 Å². The fraction of sp³-hybridized carbons (Fsp3) is 0.588. The van der Waals surface area contributed by atoms with E-state index >= 15 is 0 Å². The molecule has 4 unspecified atom stereocenters. The molecule has 5 nitrogen and oxygen atoms in total. The highest BCUT2D eigenvalue weighted by molar-refractivity contribution is 5.85. The van der Waals surface area contributed by atoms with Crippen molar-refractivity contribution in [1.29, 1.82) is 0 Å². The summed E-state index contributed by atoms with van der Waals surface area (Å²) in [4.78, 5) is 14.6. The molecule has 2 aliphatic rings. The van der Waals surface area contributed by atoms with Crippen LogP contribution in [0.2, 0.25) is 0 Å². The first-order valence-electron chi connectivity index (χ1n) is 8.11. The second-order valence-electron chi connectivity index (χ2n) is 6.56. The number of nitrogens with one attached hydrogen (secondary N) is 2. The Hall–Kier alpha value is -0.850. The standard InChI is InChI=1S/C17H25N3O2.2ClH/c1-12-7-14(19-17(22)16-8-15(21)9-18-16)11-20(12)10-13-5-3-2-4-6-13;;/h2-6,12,14-16,18,21H,7-11H2,1H3,(H,19,22);2*1H. The highest BCUT2D eigenvalue weighted by Crippen LogP contribution is 2.20. The molecule has 0 spiro atoms. The van der Waals surface area contributed by atoms with Crippen LogP contribution in [-0.2, 0) is 11.3 Å². The maximum Gasteiger partial charge on any atom is 0.237 e. The zero-order chi connectivity index (χ0) is 15.5.